The summed E-state index contributed by atoms with van der Waals surface area (Å²) in [4.78, 5) is 21.7. The zero-order valence-corrected chi connectivity index (χ0v) is 15.9. The summed E-state index contributed by atoms with van der Waals surface area (Å²) in [6.07, 6.45) is 3.51. The van der Waals surface area contributed by atoms with Gasteiger partial charge in [-0.05, 0) is 29.9 Å². The number of aromatic nitrogens is 2. The minimum Gasteiger partial charge on any atom is -0.322 e. The lowest BCUT2D eigenvalue weighted by Crippen LogP contribution is -2.15. The molecule has 1 N–H and O–H groups in total. The topological polar surface area (TPSA) is 54.9 Å². The summed E-state index contributed by atoms with van der Waals surface area (Å²) in [6.45, 7) is 4.29. The monoisotopic (exact) mass is 363 g/mol. The van der Waals surface area contributed by atoms with Gasteiger partial charge in [-0.25, -0.2) is 9.97 Å². The van der Waals surface area contributed by atoms with E-state index in [-0.39, 0.29) is 5.91 Å². The molecule has 0 spiro atoms. The molecule has 0 radical (unpaired) electrons. The van der Waals surface area contributed by atoms with E-state index in [0.29, 0.717) is 22.3 Å². The highest BCUT2D eigenvalue weighted by atomic mass is 32.2. The fourth-order valence-corrected chi connectivity index (χ4v) is 2.94. The Morgan fingerprint density at radius 1 is 1.04 bits per heavy atom. The summed E-state index contributed by atoms with van der Waals surface area (Å²) in [5, 5.41) is 3.59. The predicted octanol–water partition coefficient (Wildman–Crippen LogP) is 5.24. The normalized spacial score (nSPS) is 10.8. The number of amides is 1. The van der Waals surface area contributed by atoms with Crippen molar-refractivity contribution >= 4 is 23.4 Å². The largest absolute Gasteiger partial charge is 0.322 e. The molecule has 0 unspecified atom stereocenters. The number of hydrogen-bond donors (Lipinski definition) is 1. The standard InChI is InChI=1S/C21H21N3OS/c1-14(2)15-9-11-17(12-10-15)23-20(25)18-13-22-21(26-3)24-19(18)16-7-5-4-6-8-16/h4-14H,1-3H3,(H,23,25). The first kappa shape index (κ1) is 18.1. The fraction of sp³-hybridized carbons (Fsp3) is 0.190. The molecule has 0 aliphatic carbocycles. The zero-order chi connectivity index (χ0) is 18.5. The van der Waals surface area contributed by atoms with Crippen molar-refractivity contribution in [3.63, 3.8) is 0 Å². The number of rotatable bonds is 5. The Bertz CT molecular complexity index is 893. The van der Waals surface area contributed by atoms with Crippen LogP contribution in [0.25, 0.3) is 11.3 Å². The molecule has 3 aromatic rings. The summed E-state index contributed by atoms with van der Waals surface area (Å²) < 4.78 is 0. The smallest absolute Gasteiger partial charge is 0.259 e. The predicted molar refractivity (Wildman–Crippen MR) is 108 cm³/mol. The summed E-state index contributed by atoms with van der Waals surface area (Å²) in [6, 6.07) is 17.6. The van der Waals surface area contributed by atoms with Gasteiger partial charge in [0.05, 0.1) is 11.3 Å². The number of benzene rings is 2. The summed E-state index contributed by atoms with van der Waals surface area (Å²) in [5.41, 5.74) is 3.99. The Morgan fingerprint density at radius 2 is 1.73 bits per heavy atom. The van der Waals surface area contributed by atoms with Gasteiger partial charge >= 0.3 is 0 Å². The quantitative estimate of drug-likeness (QED) is 0.497. The van der Waals surface area contributed by atoms with Crippen LogP contribution in [0.15, 0.2) is 66.0 Å². The molecule has 0 bridgehead atoms. The van der Waals surface area contributed by atoms with Gasteiger partial charge < -0.3 is 5.32 Å². The SMILES string of the molecule is CSc1ncc(C(=O)Nc2ccc(C(C)C)cc2)c(-c2ccccc2)n1. The fourth-order valence-electron chi connectivity index (χ4n) is 2.60. The molecule has 0 atom stereocenters. The van der Waals surface area contributed by atoms with Crippen LogP contribution in [0.2, 0.25) is 0 Å². The molecule has 1 amide bonds. The first-order valence-corrected chi connectivity index (χ1v) is 9.68. The molecule has 1 heterocycles. The van der Waals surface area contributed by atoms with Crippen LogP contribution in [0.5, 0.6) is 0 Å². The van der Waals surface area contributed by atoms with Crippen molar-refractivity contribution in [2.75, 3.05) is 11.6 Å². The van der Waals surface area contributed by atoms with Crippen LogP contribution in [0.3, 0.4) is 0 Å². The zero-order valence-electron chi connectivity index (χ0n) is 15.1. The summed E-state index contributed by atoms with van der Waals surface area (Å²) in [7, 11) is 0. The average molecular weight is 363 g/mol. The lowest BCUT2D eigenvalue weighted by molar-refractivity contribution is 0.102. The maximum Gasteiger partial charge on any atom is 0.259 e. The van der Waals surface area contributed by atoms with E-state index >= 15 is 0 Å². The molecule has 0 fully saturated rings. The van der Waals surface area contributed by atoms with Gasteiger partial charge in [0.15, 0.2) is 5.16 Å². The van der Waals surface area contributed by atoms with Crippen molar-refractivity contribution in [2.45, 2.75) is 24.9 Å². The van der Waals surface area contributed by atoms with E-state index in [9.17, 15) is 4.79 Å². The Morgan fingerprint density at radius 3 is 2.35 bits per heavy atom. The molecule has 0 saturated carbocycles. The van der Waals surface area contributed by atoms with Gasteiger partial charge in [0.1, 0.15) is 0 Å². The van der Waals surface area contributed by atoms with Crippen LogP contribution in [0.1, 0.15) is 35.7 Å². The molecule has 0 saturated heterocycles. The summed E-state index contributed by atoms with van der Waals surface area (Å²) in [5.74, 6) is 0.241. The number of carbonyl (C=O) groups is 1. The lowest BCUT2D eigenvalue weighted by Gasteiger charge is -2.11. The van der Waals surface area contributed by atoms with E-state index in [0.717, 1.165) is 11.3 Å². The van der Waals surface area contributed by atoms with Gasteiger partial charge in [0.2, 0.25) is 0 Å². The van der Waals surface area contributed by atoms with E-state index in [2.05, 4.69) is 29.1 Å². The van der Waals surface area contributed by atoms with Gasteiger partial charge in [-0.15, -0.1) is 0 Å². The number of nitrogens with zero attached hydrogens (tertiary/aromatic N) is 2. The Hall–Kier alpha value is -2.66. The number of thioether (sulfide) groups is 1. The van der Waals surface area contributed by atoms with Crippen LogP contribution in [-0.4, -0.2) is 22.1 Å². The molecule has 1 aromatic heterocycles. The minimum atomic E-state index is -0.214. The molecular weight excluding hydrogens is 342 g/mol. The van der Waals surface area contributed by atoms with Gasteiger partial charge in [0, 0.05) is 17.4 Å². The Labute approximate surface area is 158 Å². The molecule has 132 valence electrons. The molecule has 3 rings (SSSR count). The number of anilines is 1. The third-order valence-corrected chi connectivity index (χ3v) is 4.64. The number of hydrogen-bond acceptors (Lipinski definition) is 4. The van der Waals surface area contributed by atoms with Gasteiger partial charge in [-0.1, -0.05) is 68.1 Å². The van der Waals surface area contributed by atoms with E-state index in [1.807, 2.05) is 60.9 Å². The second kappa shape index (κ2) is 8.15. The highest BCUT2D eigenvalue weighted by molar-refractivity contribution is 7.98. The van der Waals surface area contributed by atoms with Crippen LogP contribution in [-0.2, 0) is 0 Å². The van der Waals surface area contributed by atoms with Crippen molar-refractivity contribution in [1.29, 1.82) is 0 Å². The Kier molecular flexibility index (Phi) is 5.68. The number of carbonyl (C=O) groups excluding carboxylic acids is 1. The van der Waals surface area contributed by atoms with Crippen LogP contribution in [0.4, 0.5) is 5.69 Å². The van der Waals surface area contributed by atoms with Gasteiger partial charge in [-0.3, -0.25) is 4.79 Å². The van der Waals surface area contributed by atoms with Gasteiger partial charge in [0.25, 0.3) is 5.91 Å². The molecule has 0 aliphatic heterocycles. The Balaban J connectivity index is 1.91. The number of nitrogens with one attached hydrogen (secondary N) is 1. The first-order chi connectivity index (χ1) is 12.6. The van der Waals surface area contributed by atoms with Gasteiger partial charge in [-0.2, -0.15) is 0 Å². The highest BCUT2D eigenvalue weighted by Gasteiger charge is 2.16. The second-order valence-electron chi connectivity index (χ2n) is 6.22. The van der Waals surface area contributed by atoms with Crippen molar-refractivity contribution in [3.8, 4) is 11.3 Å². The maximum absolute atomic E-state index is 12.8. The summed E-state index contributed by atoms with van der Waals surface area (Å²) >= 11 is 1.45. The van der Waals surface area contributed by atoms with E-state index in [1.165, 1.54) is 17.3 Å². The molecule has 5 heteroatoms. The van der Waals surface area contributed by atoms with Crippen LogP contribution in [0, 0.1) is 0 Å². The van der Waals surface area contributed by atoms with Crippen LogP contribution >= 0.6 is 11.8 Å². The van der Waals surface area contributed by atoms with E-state index in [4.69, 9.17) is 0 Å². The minimum absolute atomic E-state index is 0.214. The lowest BCUT2D eigenvalue weighted by atomic mass is 10.0. The first-order valence-electron chi connectivity index (χ1n) is 8.46. The molecule has 0 aliphatic rings. The third kappa shape index (κ3) is 4.11. The average Bonchev–Trinajstić information content (AvgIpc) is 2.68. The third-order valence-electron chi connectivity index (χ3n) is 4.08. The molecule has 2 aromatic carbocycles. The second-order valence-corrected chi connectivity index (χ2v) is 6.99. The van der Waals surface area contributed by atoms with Crippen molar-refractivity contribution in [2.24, 2.45) is 0 Å². The highest BCUT2D eigenvalue weighted by Crippen LogP contribution is 2.24. The van der Waals surface area contributed by atoms with E-state index < -0.39 is 0 Å². The molecular formula is C21H21N3OS. The maximum atomic E-state index is 12.8. The molecule has 4 nitrogen and oxygen atoms in total. The molecule has 26 heavy (non-hydrogen) atoms. The van der Waals surface area contributed by atoms with Crippen molar-refractivity contribution in [1.82, 2.24) is 9.97 Å². The van der Waals surface area contributed by atoms with Crippen molar-refractivity contribution < 1.29 is 4.79 Å². The van der Waals surface area contributed by atoms with Crippen LogP contribution < -0.4 is 5.32 Å². The van der Waals surface area contributed by atoms with Crippen molar-refractivity contribution in [3.05, 3.63) is 71.9 Å². The van der Waals surface area contributed by atoms with E-state index in [1.54, 1.807) is 6.20 Å².